The first kappa shape index (κ1) is 26.2. The fourth-order valence-corrected chi connectivity index (χ4v) is 3.75. The minimum absolute atomic E-state index is 0.268. The first-order chi connectivity index (χ1) is 16.6. The maximum absolute atomic E-state index is 13.9. The van der Waals surface area contributed by atoms with Gasteiger partial charge in [-0.15, -0.1) is 0 Å². The molecule has 5 nitrogen and oxygen atoms in total. The topological polar surface area (TPSA) is 63.2 Å². The number of aromatic nitrogens is 1. The molecular formula is C26H27F4N3O2. The molecule has 35 heavy (non-hydrogen) atoms. The molecule has 0 saturated carbocycles. The lowest BCUT2D eigenvalue weighted by atomic mass is 9.95. The number of alkyl halides is 3. The quantitative estimate of drug-likeness (QED) is 0.400. The van der Waals surface area contributed by atoms with Gasteiger partial charge in [0.1, 0.15) is 23.3 Å². The van der Waals surface area contributed by atoms with Crippen LogP contribution in [0.5, 0.6) is 5.75 Å². The molecule has 0 aliphatic carbocycles. The standard InChI is InChI=1S/C26H27F4N3O2/c1-16-14-19(8-11-21(16)27)22(12-4-17-5-13-23(32-15-17)26(28,29)30)33-24(25(34)31-2)18-6-9-20(35-3)10-7-18/h5-11,13-15,22,24,33H,4,12H2,1-3H3,(H,31,34)/t22-,24?/m1/s1. The summed E-state index contributed by atoms with van der Waals surface area (Å²) < 4.78 is 57.6. The number of methoxy groups -OCH3 is 1. The Hall–Kier alpha value is -3.46. The number of ether oxygens (including phenoxy) is 1. The number of likely N-dealkylation sites (N-methyl/N-ethyl adjacent to an activating group) is 1. The molecule has 1 heterocycles. The Kier molecular flexibility index (Phi) is 8.45. The molecule has 0 bridgehead atoms. The van der Waals surface area contributed by atoms with Crippen LogP contribution in [0.25, 0.3) is 0 Å². The summed E-state index contributed by atoms with van der Waals surface area (Å²) in [4.78, 5) is 16.3. The van der Waals surface area contributed by atoms with E-state index in [2.05, 4.69) is 15.6 Å². The van der Waals surface area contributed by atoms with Crippen LogP contribution in [0.2, 0.25) is 0 Å². The van der Waals surface area contributed by atoms with Gasteiger partial charge in [-0.2, -0.15) is 13.2 Å². The highest BCUT2D eigenvalue weighted by atomic mass is 19.4. The van der Waals surface area contributed by atoms with E-state index < -0.39 is 24.0 Å². The number of pyridine rings is 1. The van der Waals surface area contributed by atoms with E-state index in [4.69, 9.17) is 4.74 Å². The summed E-state index contributed by atoms with van der Waals surface area (Å²) in [7, 11) is 3.08. The van der Waals surface area contributed by atoms with E-state index in [1.165, 1.54) is 25.4 Å². The highest BCUT2D eigenvalue weighted by Gasteiger charge is 2.32. The number of halogens is 4. The number of hydrogen-bond acceptors (Lipinski definition) is 4. The smallest absolute Gasteiger partial charge is 0.433 e. The van der Waals surface area contributed by atoms with Crippen LogP contribution in [0, 0.1) is 12.7 Å². The molecule has 0 spiro atoms. The molecule has 2 N–H and O–H groups in total. The average Bonchev–Trinajstić information content (AvgIpc) is 2.85. The molecular weight excluding hydrogens is 462 g/mol. The lowest BCUT2D eigenvalue weighted by Crippen LogP contribution is -2.38. The lowest BCUT2D eigenvalue weighted by Gasteiger charge is -2.26. The number of carbonyl (C=O) groups is 1. The molecule has 0 radical (unpaired) electrons. The van der Waals surface area contributed by atoms with Crippen molar-refractivity contribution in [3.05, 3.63) is 94.6 Å². The first-order valence-corrected chi connectivity index (χ1v) is 11.0. The van der Waals surface area contributed by atoms with E-state index in [1.807, 2.05) is 0 Å². The van der Waals surface area contributed by atoms with Crippen LogP contribution in [0.3, 0.4) is 0 Å². The summed E-state index contributed by atoms with van der Waals surface area (Å²) in [6.45, 7) is 1.65. The molecule has 1 unspecified atom stereocenters. The zero-order valence-corrected chi connectivity index (χ0v) is 19.6. The van der Waals surface area contributed by atoms with Crippen molar-refractivity contribution in [2.45, 2.75) is 38.0 Å². The van der Waals surface area contributed by atoms with Crippen LogP contribution in [0.1, 0.15) is 46.5 Å². The van der Waals surface area contributed by atoms with Crippen LogP contribution >= 0.6 is 0 Å². The van der Waals surface area contributed by atoms with Crippen molar-refractivity contribution in [2.24, 2.45) is 0 Å². The molecule has 0 aliphatic rings. The molecule has 2 aromatic carbocycles. The van der Waals surface area contributed by atoms with E-state index in [-0.39, 0.29) is 11.7 Å². The number of hydrogen-bond donors (Lipinski definition) is 2. The van der Waals surface area contributed by atoms with Crippen molar-refractivity contribution in [3.63, 3.8) is 0 Å². The van der Waals surface area contributed by atoms with E-state index in [0.717, 1.165) is 11.6 Å². The number of carbonyl (C=O) groups excluding carboxylic acids is 1. The molecule has 0 fully saturated rings. The second-order valence-corrected chi connectivity index (χ2v) is 8.14. The Bertz CT molecular complexity index is 1130. The van der Waals surface area contributed by atoms with Gasteiger partial charge in [0.2, 0.25) is 5.91 Å². The van der Waals surface area contributed by atoms with Crippen LogP contribution in [0.4, 0.5) is 17.6 Å². The molecule has 2 atom stereocenters. The Balaban J connectivity index is 1.89. The van der Waals surface area contributed by atoms with Crippen molar-refractivity contribution in [1.29, 1.82) is 0 Å². The number of amides is 1. The molecule has 186 valence electrons. The molecule has 0 saturated heterocycles. The van der Waals surface area contributed by atoms with Crippen molar-refractivity contribution in [3.8, 4) is 5.75 Å². The van der Waals surface area contributed by atoms with E-state index in [0.29, 0.717) is 35.3 Å². The summed E-state index contributed by atoms with van der Waals surface area (Å²) in [5.74, 6) is 0.0255. The molecule has 1 amide bonds. The lowest BCUT2D eigenvalue weighted by molar-refractivity contribution is -0.141. The van der Waals surface area contributed by atoms with Gasteiger partial charge in [0.25, 0.3) is 0 Å². The summed E-state index contributed by atoms with van der Waals surface area (Å²) in [5.41, 5.74) is 1.57. The zero-order chi connectivity index (χ0) is 25.6. The third-order valence-electron chi connectivity index (χ3n) is 5.75. The van der Waals surface area contributed by atoms with Crippen molar-refractivity contribution in [1.82, 2.24) is 15.6 Å². The average molecular weight is 490 g/mol. The molecule has 3 rings (SSSR count). The van der Waals surface area contributed by atoms with E-state index in [1.54, 1.807) is 50.4 Å². The van der Waals surface area contributed by atoms with E-state index >= 15 is 0 Å². The SMILES string of the molecule is CNC(=O)C(N[C@H](CCc1ccc(C(F)(F)F)nc1)c1ccc(F)c(C)c1)c1ccc(OC)cc1. The highest BCUT2D eigenvalue weighted by molar-refractivity contribution is 5.83. The monoisotopic (exact) mass is 489 g/mol. The number of aryl methyl sites for hydroxylation is 2. The van der Waals surface area contributed by atoms with Crippen molar-refractivity contribution < 1.29 is 27.1 Å². The van der Waals surface area contributed by atoms with Gasteiger partial charge in [0.05, 0.1) is 7.11 Å². The Morgan fingerprint density at radius 2 is 1.74 bits per heavy atom. The first-order valence-electron chi connectivity index (χ1n) is 11.0. The van der Waals surface area contributed by atoms with Crippen LogP contribution in [0.15, 0.2) is 60.8 Å². The van der Waals surface area contributed by atoms with Gasteiger partial charge in [-0.1, -0.05) is 30.3 Å². The van der Waals surface area contributed by atoms with Gasteiger partial charge in [-0.25, -0.2) is 4.39 Å². The molecule has 9 heteroatoms. The van der Waals surface area contributed by atoms with Gasteiger partial charge in [-0.3, -0.25) is 15.1 Å². The second-order valence-electron chi connectivity index (χ2n) is 8.14. The molecule has 1 aromatic heterocycles. The largest absolute Gasteiger partial charge is 0.497 e. The van der Waals surface area contributed by atoms with Gasteiger partial charge in [0, 0.05) is 19.3 Å². The number of rotatable bonds is 9. The number of nitrogens with one attached hydrogen (secondary N) is 2. The van der Waals surface area contributed by atoms with Gasteiger partial charge in [0.15, 0.2) is 0 Å². The van der Waals surface area contributed by atoms with Crippen LogP contribution in [-0.4, -0.2) is 25.0 Å². The van der Waals surface area contributed by atoms with Gasteiger partial charge in [-0.05, 0) is 66.3 Å². The fraction of sp³-hybridized carbons (Fsp3) is 0.308. The number of benzene rings is 2. The predicted octanol–water partition coefficient (Wildman–Crippen LogP) is 5.31. The normalized spacial score (nSPS) is 13.2. The fourth-order valence-electron chi connectivity index (χ4n) is 3.75. The Morgan fingerprint density at radius 3 is 2.29 bits per heavy atom. The minimum atomic E-state index is -4.51. The maximum Gasteiger partial charge on any atom is 0.433 e. The summed E-state index contributed by atoms with van der Waals surface area (Å²) >= 11 is 0. The summed E-state index contributed by atoms with van der Waals surface area (Å²) in [5, 5.41) is 6.01. The molecule has 0 aliphatic heterocycles. The summed E-state index contributed by atoms with van der Waals surface area (Å²) in [6, 6.07) is 13.0. The molecule has 3 aromatic rings. The zero-order valence-electron chi connectivity index (χ0n) is 19.6. The van der Waals surface area contributed by atoms with Gasteiger partial charge >= 0.3 is 6.18 Å². The van der Waals surface area contributed by atoms with E-state index in [9.17, 15) is 22.4 Å². The highest BCUT2D eigenvalue weighted by Crippen LogP contribution is 2.29. The van der Waals surface area contributed by atoms with Crippen molar-refractivity contribution >= 4 is 5.91 Å². The third kappa shape index (κ3) is 6.79. The number of nitrogens with zero attached hydrogens (tertiary/aromatic N) is 1. The Labute approximate surface area is 201 Å². The third-order valence-corrected chi connectivity index (χ3v) is 5.75. The minimum Gasteiger partial charge on any atom is -0.497 e. The predicted molar refractivity (Wildman–Crippen MR) is 124 cm³/mol. The second kappa shape index (κ2) is 11.3. The van der Waals surface area contributed by atoms with Crippen LogP contribution < -0.4 is 15.4 Å². The van der Waals surface area contributed by atoms with Crippen molar-refractivity contribution in [2.75, 3.05) is 14.2 Å². The maximum atomic E-state index is 13.9. The summed E-state index contributed by atoms with van der Waals surface area (Å²) in [6.07, 6.45) is -2.48. The van der Waals surface area contributed by atoms with Crippen LogP contribution in [-0.2, 0) is 17.4 Å². The Morgan fingerprint density at radius 1 is 1.06 bits per heavy atom. The van der Waals surface area contributed by atoms with Gasteiger partial charge < -0.3 is 10.1 Å².